The fourth-order valence-electron chi connectivity index (χ4n) is 3.81. The van der Waals surface area contributed by atoms with Gasteiger partial charge in [0.05, 0.1) is 30.8 Å². The number of aromatic nitrogens is 2. The van der Waals surface area contributed by atoms with E-state index in [1.54, 1.807) is 13.8 Å². The molecule has 2 rings (SSSR count). The third kappa shape index (κ3) is 8.64. The molecule has 1 amide bonds. The summed E-state index contributed by atoms with van der Waals surface area (Å²) >= 11 is 0. The smallest absolute Gasteiger partial charge is 0.305 e. The molecule has 0 bridgehead atoms. The Morgan fingerprint density at radius 2 is 1.89 bits per heavy atom. The molecule has 208 valence electrons. The van der Waals surface area contributed by atoms with E-state index in [2.05, 4.69) is 26.1 Å². The largest absolute Gasteiger partial charge is 0.481 e. The highest BCUT2D eigenvalue weighted by atomic mass is 16.4. The molecule has 38 heavy (non-hydrogen) atoms. The Balaban J connectivity index is 2.15. The van der Waals surface area contributed by atoms with Crippen LogP contribution in [0.15, 0.2) is 52.7 Å². The molecule has 1 aromatic heterocycles. The van der Waals surface area contributed by atoms with Gasteiger partial charge in [-0.15, -0.1) is 0 Å². The zero-order valence-electron chi connectivity index (χ0n) is 21.7. The number of carbonyl (C=O) groups is 2. The minimum Gasteiger partial charge on any atom is -0.481 e. The van der Waals surface area contributed by atoms with Crippen LogP contribution >= 0.6 is 0 Å². The van der Waals surface area contributed by atoms with E-state index in [4.69, 9.17) is 10.9 Å². The zero-order chi connectivity index (χ0) is 28.2. The normalized spacial score (nSPS) is 15.7. The van der Waals surface area contributed by atoms with Crippen molar-refractivity contribution in [3.63, 3.8) is 0 Å². The number of nitrogens with one attached hydrogen (secondary N) is 3. The fourth-order valence-corrected chi connectivity index (χ4v) is 3.81. The summed E-state index contributed by atoms with van der Waals surface area (Å²) in [5.41, 5.74) is 6.29. The van der Waals surface area contributed by atoms with Gasteiger partial charge in [-0.05, 0) is 25.8 Å². The van der Waals surface area contributed by atoms with Crippen molar-refractivity contribution in [2.45, 2.75) is 63.9 Å². The van der Waals surface area contributed by atoms with Gasteiger partial charge in [0.15, 0.2) is 5.82 Å². The Hall–Kier alpha value is -3.81. The Morgan fingerprint density at radius 1 is 1.21 bits per heavy atom. The second-order valence-electron chi connectivity index (χ2n) is 8.97. The van der Waals surface area contributed by atoms with Crippen molar-refractivity contribution >= 4 is 23.4 Å². The van der Waals surface area contributed by atoms with Crippen LogP contribution in [-0.4, -0.2) is 73.8 Å². The molecule has 0 spiro atoms. The lowest BCUT2D eigenvalue weighted by Gasteiger charge is -2.27. The number of aliphatic hydroxyl groups excluding tert-OH is 1. The lowest BCUT2D eigenvalue weighted by atomic mass is 10.0. The molecule has 0 radical (unpaired) electrons. The average Bonchev–Trinajstić information content (AvgIpc) is 2.89. The maximum atomic E-state index is 13.2. The molecule has 5 atom stereocenters. The number of rotatable bonds is 15. The number of carboxylic acids is 1. The average molecular weight is 532 g/mol. The number of carbonyl (C=O) groups excluding carboxylic acids is 1. The number of hydrogen-bond acceptors (Lipinski definition) is 10. The molecule has 0 saturated carbocycles. The number of anilines is 1. The molecule has 1 aromatic carbocycles. The summed E-state index contributed by atoms with van der Waals surface area (Å²) in [4.78, 5) is 41.7. The fraction of sp³-hybridized carbons (Fsp3) is 0.480. The first-order chi connectivity index (χ1) is 18.1. The molecule has 13 heteroatoms. The molecule has 13 nitrogen and oxygen atoms in total. The zero-order valence-corrected chi connectivity index (χ0v) is 21.7. The van der Waals surface area contributed by atoms with Crippen LogP contribution in [0.5, 0.6) is 0 Å². The molecule has 1 heterocycles. The summed E-state index contributed by atoms with van der Waals surface area (Å²) in [7, 11) is 0. The van der Waals surface area contributed by atoms with Crippen molar-refractivity contribution < 1.29 is 25.0 Å². The van der Waals surface area contributed by atoms with Crippen LogP contribution in [0.3, 0.4) is 0 Å². The van der Waals surface area contributed by atoms with E-state index < -0.39 is 48.1 Å². The van der Waals surface area contributed by atoms with Crippen molar-refractivity contribution in [3.05, 3.63) is 58.6 Å². The van der Waals surface area contributed by atoms with Gasteiger partial charge in [-0.3, -0.25) is 19.0 Å². The Kier molecular flexibility index (Phi) is 11.9. The topological polar surface area (TPSA) is 204 Å². The third-order valence-electron chi connectivity index (χ3n) is 6.10. The number of oxime groups is 1. The first-order valence-electron chi connectivity index (χ1n) is 12.3. The number of hydrogen-bond donors (Lipinski definition) is 7. The van der Waals surface area contributed by atoms with Crippen molar-refractivity contribution in [3.8, 4) is 0 Å². The molecule has 0 aliphatic carbocycles. The summed E-state index contributed by atoms with van der Waals surface area (Å²) in [5.74, 6) is -1.90. The van der Waals surface area contributed by atoms with Gasteiger partial charge in [0.25, 0.3) is 5.56 Å². The molecular weight excluding hydrogens is 494 g/mol. The second-order valence-corrected chi connectivity index (χ2v) is 8.97. The lowest BCUT2D eigenvalue weighted by molar-refractivity contribution is -0.138. The molecule has 0 saturated heterocycles. The van der Waals surface area contributed by atoms with Gasteiger partial charge in [-0.25, -0.2) is 4.98 Å². The van der Waals surface area contributed by atoms with Crippen LogP contribution in [-0.2, 0) is 9.59 Å². The highest BCUT2D eigenvalue weighted by molar-refractivity contribution is 5.92. The number of aliphatic hydroxyl groups is 1. The van der Waals surface area contributed by atoms with Gasteiger partial charge in [0, 0.05) is 31.0 Å². The van der Waals surface area contributed by atoms with Gasteiger partial charge >= 0.3 is 5.97 Å². The SMILES string of the molecule is CCC(C(=O)NC(CC(=O)O)C(O)CNC(C)c1ccccc1)n1ccnc(NC/C(=N/O)C(C)N)c1=O. The van der Waals surface area contributed by atoms with Crippen LogP contribution < -0.4 is 27.2 Å². The highest BCUT2D eigenvalue weighted by Crippen LogP contribution is 2.14. The summed E-state index contributed by atoms with van der Waals surface area (Å²) < 4.78 is 1.17. The minimum atomic E-state index is -1.21. The molecule has 0 fully saturated rings. The quantitative estimate of drug-likeness (QED) is 0.0960. The second kappa shape index (κ2) is 14.8. The van der Waals surface area contributed by atoms with E-state index in [0.29, 0.717) is 0 Å². The number of aliphatic carboxylic acids is 1. The number of benzene rings is 1. The van der Waals surface area contributed by atoms with Crippen molar-refractivity contribution in [2.75, 3.05) is 18.4 Å². The van der Waals surface area contributed by atoms with Gasteiger partial charge in [-0.1, -0.05) is 42.4 Å². The van der Waals surface area contributed by atoms with E-state index in [1.807, 2.05) is 37.3 Å². The number of nitrogens with zero attached hydrogens (tertiary/aromatic N) is 3. The number of carboxylic acid groups (broad SMARTS) is 1. The van der Waals surface area contributed by atoms with Gasteiger partial charge in [0.1, 0.15) is 6.04 Å². The lowest BCUT2D eigenvalue weighted by Crippen LogP contribution is -2.51. The first kappa shape index (κ1) is 30.4. The van der Waals surface area contributed by atoms with Crippen LogP contribution in [0.4, 0.5) is 5.82 Å². The van der Waals surface area contributed by atoms with Crippen LogP contribution in [0, 0.1) is 0 Å². The summed E-state index contributed by atoms with van der Waals surface area (Å²) in [6.07, 6.45) is 1.17. The molecular formula is C25H37N7O6. The maximum absolute atomic E-state index is 13.2. The predicted molar refractivity (Wildman–Crippen MR) is 142 cm³/mol. The van der Waals surface area contributed by atoms with Crippen LogP contribution in [0.2, 0.25) is 0 Å². The van der Waals surface area contributed by atoms with Crippen LogP contribution in [0.1, 0.15) is 51.3 Å². The van der Waals surface area contributed by atoms with E-state index in [-0.39, 0.29) is 37.1 Å². The summed E-state index contributed by atoms with van der Waals surface area (Å²) in [6.45, 7) is 5.21. The molecule has 2 aromatic rings. The number of nitrogens with two attached hydrogens (primary N) is 1. The first-order valence-corrected chi connectivity index (χ1v) is 12.3. The predicted octanol–water partition coefficient (Wildman–Crippen LogP) is 0.455. The van der Waals surface area contributed by atoms with Gasteiger partial charge in [0.2, 0.25) is 5.91 Å². The maximum Gasteiger partial charge on any atom is 0.305 e. The van der Waals surface area contributed by atoms with E-state index >= 15 is 0 Å². The highest BCUT2D eigenvalue weighted by Gasteiger charge is 2.29. The Bertz CT molecular complexity index is 1140. The summed E-state index contributed by atoms with van der Waals surface area (Å²) in [6, 6.07) is 6.75. The molecule has 8 N–H and O–H groups in total. The monoisotopic (exact) mass is 531 g/mol. The van der Waals surface area contributed by atoms with Gasteiger partial charge < -0.3 is 37.1 Å². The Labute approximate surface area is 220 Å². The molecule has 0 aliphatic heterocycles. The van der Waals surface area contributed by atoms with Crippen LogP contribution in [0.25, 0.3) is 0 Å². The van der Waals surface area contributed by atoms with E-state index in [0.717, 1.165) is 5.56 Å². The van der Waals surface area contributed by atoms with Crippen molar-refractivity contribution in [1.29, 1.82) is 0 Å². The third-order valence-corrected chi connectivity index (χ3v) is 6.10. The van der Waals surface area contributed by atoms with E-state index in [9.17, 15) is 24.6 Å². The van der Waals surface area contributed by atoms with Crippen molar-refractivity contribution in [2.24, 2.45) is 10.9 Å². The minimum absolute atomic E-state index is 0.0304. The van der Waals surface area contributed by atoms with Gasteiger partial charge in [-0.2, -0.15) is 0 Å². The van der Waals surface area contributed by atoms with E-state index in [1.165, 1.54) is 17.0 Å². The summed E-state index contributed by atoms with van der Waals surface area (Å²) in [5, 5.41) is 40.8. The van der Waals surface area contributed by atoms with Crippen molar-refractivity contribution in [1.82, 2.24) is 20.2 Å². The molecule has 0 aliphatic rings. The Morgan fingerprint density at radius 3 is 2.47 bits per heavy atom. The number of amides is 1. The standard InChI is InChI=1S/C25H37N7O6/c1-4-20(32-11-10-27-23(25(32)37)29-13-19(31-38)15(2)26)24(36)30-18(12-22(34)35)21(33)14-28-16(3)17-8-6-5-7-9-17/h5-11,15-16,18,20-21,28,33,38H,4,12-14,26H2,1-3H3,(H,27,29)(H,30,36)(H,34,35)/b31-19-. The molecule has 5 unspecified atom stereocenters.